The molecule has 1 aromatic rings. The predicted octanol–water partition coefficient (Wildman–Crippen LogP) is 3.52. The highest BCUT2D eigenvalue weighted by Gasteiger charge is 2.40. The van der Waals surface area contributed by atoms with Crippen molar-refractivity contribution in [2.45, 2.75) is 17.2 Å². The van der Waals surface area contributed by atoms with Crippen LogP contribution >= 0.6 is 11.8 Å². The Morgan fingerprint density at radius 3 is 2.50 bits per heavy atom. The van der Waals surface area contributed by atoms with Gasteiger partial charge >= 0.3 is 18.3 Å². The van der Waals surface area contributed by atoms with E-state index in [9.17, 15) is 26.7 Å². The number of hydrogen-bond donors (Lipinski definition) is 1. The van der Waals surface area contributed by atoms with E-state index in [1.807, 2.05) is 0 Å². The fourth-order valence-electron chi connectivity index (χ4n) is 0.984. The van der Waals surface area contributed by atoms with Crippen molar-refractivity contribution < 1.29 is 31.9 Å². The molecule has 0 aliphatic carbocycles. The summed E-state index contributed by atoms with van der Waals surface area (Å²) in [5.41, 5.74) is -0.306. The molecular formula is C10H7F5O2S. The highest BCUT2D eigenvalue weighted by molar-refractivity contribution is 7.99. The zero-order chi connectivity index (χ0) is 13.9. The lowest BCUT2D eigenvalue weighted by atomic mass is 10.2. The van der Waals surface area contributed by atoms with Crippen molar-refractivity contribution in [3.05, 3.63) is 29.6 Å². The van der Waals surface area contributed by atoms with Crippen LogP contribution in [0, 0.1) is 5.82 Å². The zero-order valence-electron chi connectivity index (χ0n) is 8.67. The lowest BCUT2D eigenvalue weighted by molar-refractivity contribution is -0.109. The second kappa shape index (κ2) is 5.55. The van der Waals surface area contributed by atoms with Crippen LogP contribution in [0.25, 0.3) is 0 Å². The summed E-state index contributed by atoms with van der Waals surface area (Å²) in [7, 11) is 0. The van der Waals surface area contributed by atoms with Gasteiger partial charge in [0.25, 0.3) is 0 Å². The highest BCUT2D eigenvalue weighted by Crippen LogP contribution is 2.32. The Hall–Kier alpha value is -1.31. The van der Waals surface area contributed by atoms with Crippen molar-refractivity contribution in [2.24, 2.45) is 0 Å². The average molecular weight is 286 g/mol. The first kappa shape index (κ1) is 14.7. The number of carboxylic acid groups (broad SMARTS) is 1. The Labute approximate surface area is 103 Å². The number of halogens is 5. The molecule has 0 amide bonds. The summed E-state index contributed by atoms with van der Waals surface area (Å²) in [5.74, 6) is -7.88. The van der Waals surface area contributed by atoms with Crippen LogP contribution in [-0.2, 0) is 0 Å². The summed E-state index contributed by atoms with van der Waals surface area (Å²) in [4.78, 5) is 10.2. The van der Waals surface area contributed by atoms with Gasteiger partial charge in [0.2, 0.25) is 0 Å². The number of hydrogen-bond acceptors (Lipinski definition) is 2. The van der Waals surface area contributed by atoms with E-state index in [0.717, 1.165) is 18.2 Å². The molecule has 0 unspecified atom stereocenters. The standard InChI is InChI=1S/C10H7F5O2S/c11-6-2-1-5(8(16)17)3-7(6)18-4-10(14,15)9(12)13/h1-3,9H,4H2,(H,16,17). The lowest BCUT2D eigenvalue weighted by Crippen LogP contribution is -2.29. The van der Waals surface area contributed by atoms with E-state index in [2.05, 4.69) is 0 Å². The number of carbonyl (C=O) groups is 1. The molecule has 1 rings (SSSR count). The van der Waals surface area contributed by atoms with Crippen molar-refractivity contribution in [1.82, 2.24) is 0 Å². The Morgan fingerprint density at radius 2 is 2.00 bits per heavy atom. The number of benzene rings is 1. The van der Waals surface area contributed by atoms with Gasteiger partial charge in [-0.1, -0.05) is 0 Å². The van der Waals surface area contributed by atoms with Crippen molar-refractivity contribution >= 4 is 17.7 Å². The van der Waals surface area contributed by atoms with Crippen molar-refractivity contribution in [3.8, 4) is 0 Å². The minimum absolute atomic E-state index is 0.146. The Bertz CT molecular complexity index is 450. The quantitative estimate of drug-likeness (QED) is 0.664. The highest BCUT2D eigenvalue weighted by atomic mass is 32.2. The molecule has 0 saturated carbocycles. The SMILES string of the molecule is O=C(O)c1ccc(F)c(SCC(F)(F)C(F)F)c1. The van der Waals surface area contributed by atoms with Gasteiger partial charge in [0.1, 0.15) is 5.82 Å². The molecule has 0 spiro atoms. The molecule has 100 valence electrons. The van der Waals surface area contributed by atoms with Gasteiger partial charge in [-0.2, -0.15) is 8.78 Å². The number of alkyl halides is 4. The second-order valence-corrected chi connectivity index (χ2v) is 4.32. The minimum Gasteiger partial charge on any atom is -0.478 e. The van der Waals surface area contributed by atoms with Crippen LogP contribution in [0.4, 0.5) is 22.0 Å². The summed E-state index contributed by atoms with van der Waals surface area (Å²) in [6.07, 6.45) is -3.85. The van der Waals surface area contributed by atoms with Crippen LogP contribution in [0.1, 0.15) is 10.4 Å². The van der Waals surface area contributed by atoms with Gasteiger partial charge < -0.3 is 5.11 Å². The molecule has 0 fully saturated rings. The summed E-state index contributed by atoms with van der Waals surface area (Å²) in [6.45, 7) is 0. The molecule has 0 aromatic heterocycles. The van der Waals surface area contributed by atoms with Crippen molar-refractivity contribution in [3.63, 3.8) is 0 Å². The van der Waals surface area contributed by atoms with Gasteiger partial charge in [0, 0.05) is 4.90 Å². The molecule has 1 N–H and O–H groups in total. The summed E-state index contributed by atoms with van der Waals surface area (Å²) in [5, 5.41) is 8.62. The molecule has 8 heteroatoms. The van der Waals surface area contributed by atoms with Gasteiger partial charge in [-0.3, -0.25) is 0 Å². The van der Waals surface area contributed by atoms with E-state index < -0.39 is 34.8 Å². The minimum atomic E-state index is -4.25. The van der Waals surface area contributed by atoms with Gasteiger partial charge in [0.05, 0.1) is 11.3 Å². The fourth-order valence-corrected chi connectivity index (χ4v) is 1.87. The molecule has 0 heterocycles. The molecule has 0 aliphatic heterocycles. The van der Waals surface area contributed by atoms with Crippen LogP contribution in [0.15, 0.2) is 23.1 Å². The molecule has 18 heavy (non-hydrogen) atoms. The van der Waals surface area contributed by atoms with Crippen LogP contribution in [0.2, 0.25) is 0 Å². The van der Waals surface area contributed by atoms with E-state index in [1.165, 1.54) is 0 Å². The Morgan fingerprint density at radius 1 is 1.39 bits per heavy atom. The maximum absolute atomic E-state index is 13.2. The number of aromatic carboxylic acids is 1. The lowest BCUT2D eigenvalue weighted by Gasteiger charge is -2.14. The third-order valence-electron chi connectivity index (χ3n) is 1.92. The van der Waals surface area contributed by atoms with Crippen LogP contribution < -0.4 is 0 Å². The maximum Gasteiger partial charge on any atom is 0.335 e. The molecule has 2 nitrogen and oxygen atoms in total. The Kier molecular flexibility index (Phi) is 4.55. The van der Waals surface area contributed by atoms with Crippen molar-refractivity contribution in [2.75, 3.05) is 5.75 Å². The van der Waals surface area contributed by atoms with E-state index >= 15 is 0 Å². The van der Waals surface area contributed by atoms with E-state index in [0.29, 0.717) is 0 Å². The van der Waals surface area contributed by atoms with Gasteiger partial charge in [0.15, 0.2) is 0 Å². The van der Waals surface area contributed by atoms with Crippen LogP contribution in [0.3, 0.4) is 0 Å². The van der Waals surface area contributed by atoms with Gasteiger partial charge in [-0.15, -0.1) is 11.8 Å². The molecule has 0 saturated heterocycles. The molecule has 0 atom stereocenters. The van der Waals surface area contributed by atoms with E-state index in [4.69, 9.17) is 5.11 Å². The van der Waals surface area contributed by atoms with E-state index in [1.54, 1.807) is 0 Å². The first-order chi connectivity index (χ1) is 8.24. The maximum atomic E-state index is 13.2. The summed E-state index contributed by atoms with van der Waals surface area (Å²) < 4.78 is 62.1. The predicted molar refractivity (Wildman–Crippen MR) is 55.0 cm³/mol. The summed E-state index contributed by atoms with van der Waals surface area (Å²) >= 11 is 0.146. The average Bonchev–Trinajstić information content (AvgIpc) is 2.27. The number of carboxylic acids is 1. The third kappa shape index (κ3) is 3.59. The first-order valence-corrected chi connectivity index (χ1v) is 5.54. The smallest absolute Gasteiger partial charge is 0.335 e. The fraction of sp³-hybridized carbons (Fsp3) is 0.300. The van der Waals surface area contributed by atoms with Crippen molar-refractivity contribution in [1.29, 1.82) is 0 Å². The molecule has 0 radical (unpaired) electrons. The van der Waals surface area contributed by atoms with Gasteiger partial charge in [-0.05, 0) is 18.2 Å². The second-order valence-electron chi connectivity index (χ2n) is 3.30. The van der Waals surface area contributed by atoms with Crippen LogP contribution in [-0.4, -0.2) is 29.2 Å². The van der Waals surface area contributed by atoms with E-state index in [-0.39, 0.29) is 17.3 Å². The summed E-state index contributed by atoms with van der Waals surface area (Å²) in [6, 6.07) is 2.56. The molecule has 0 bridgehead atoms. The van der Waals surface area contributed by atoms with Crippen LogP contribution in [0.5, 0.6) is 0 Å². The Balaban J connectivity index is 2.85. The largest absolute Gasteiger partial charge is 0.478 e. The first-order valence-electron chi connectivity index (χ1n) is 4.55. The monoisotopic (exact) mass is 286 g/mol. The molecular weight excluding hydrogens is 279 g/mol. The third-order valence-corrected chi connectivity index (χ3v) is 3.07. The zero-order valence-corrected chi connectivity index (χ0v) is 9.49. The normalized spacial score (nSPS) is 11.9. The number of thioether (sulfide) groups is 1. The number of rotatable bonds is 5. The topological polar surface area (TPSA) is 37.3 Å². The van der Waals surface area contributed by atoms with Gasteiger partial charge in [-0.25, -0.2) is 18.0 Å². The molecule has 1 aromatic carbocycles. The molecule has 0 aliphatic rings.